The molecule has 0 bridgehead atoms. The summed E-state index contributed by atoms with van der Waals surface area (Å²) >= 11 is 11.6. The average molecular weight is 290 g/mol. The van der Waals surface area contributed by atoms with Crippen molar-refractivity contribution in [3.05, 3.63) is 16.5 Å². The minimum Gasteiger partial charge on any atom is -0.481 e. The van der Waals surface area contributed by atoms with Crippen molar-refractivity contribution >= 4 is 35.0 Å². The molecule has 2 rings (SSSR count). The van der Waals surface area contributed by atoms with E-state index < -0.39 is 11.9 Å². The third kappa shape index (κ3) is 3.03. The van der Waals surface area contributed by atoms with Crippen molar-refractivity contribution in [2.45, 2.75) is 31.7 Å². The highest BCUT2D eigenvalue weighted by atomic mass is 35.5. The summed E-state index contributed by atoms with van der Waals surface area (Å²) in [5, 5.41) is 12.7. The number of nitrogens with one attached hydrogen (secondary N) is 1. The number of carboxylic acid groups (broad SMARTS) is 1. The molecule has 0 spiro atoms. The highest BCUT2D eigenvalue weighted by molar-refractivity contribution is 6.33. The number of hydrogen-bond donors (Lipinski definition) is 2. The second-order valence-corrected chi connectivity index (χ2v) is 5.06. The Morgan fingerprint density at radius 2 is 2.11 bits per heavy atom. The number of anilines is 1. The van der Waals surface area contributed by atoms with Crippen LogP contribution in [-0.2, 0) is 4.79 Å². The van der Waals surface area contributed by atoms with E-state index in [1.54, 1.807) is 0 Å². The Morgan fingerprint density at radius 3 is 2.83 bits per heavy atom. The van der Waals surface area contributed by atoms with Crippen LogP contribution in [0.3, 0.4) is 0 Å². The molecule has 0 unspecified atom stereocenters. The van der Waals surface area contributed by atoms with Gasteiger partial charge < -0.3 is 10.4 Å². The van der Waals surface area contributed by atoms with Gasteiger partial charge in [0, 0.05) is 6.04 Å². The van der Waals surface area contributed by atoms with Gasteiger partial charge in [-0.05, 0) is 24.4 Å². The van der Waals surface area contributed by atoms with Crippen molar-refractivity contribution in [3.63, 3.8) is 0 Å². The van der Waals surface area contributed by atoms with Crippen LogP contribution in [0, 0.1) is 5.92 Å². The van der Waals surface area contributed by atoms with Crippen molar-refractivity contribution in [2.24, 2.45) is 5.92 Å². The lowest BCUT2D eigenvalue weighted by atomic mass is 9.84. The van der Waals surface area contributed by atoms with E-state index in [4.69, 9.17) is 23.2 Å². The van der Waals surface area contributed by atoms with Gasteiger partial charge in [-0.2, -0.15) is 4.98 Å². The Labute approximate surface area is 115 Å². The number of aromatic nitrogens is 2. The van der Waals surface area contributed by atoms with Crippen LogP contribution in [0.2, 0.25) is 10.3 Å². The quantitative estimate of drug-likeness (QED) is 0.837. The van der Waals surface area contributed by atoms with Gasteiger partial charge in [0.2, 0.25) is 5.28 Å². The topological polar surface area (TPSA) is 75.1 Å². The van der Waals surface area contributed by atoms with Crippen LogP contribution in [0.4, 0.5) is 5.82 Å². The Morgan fingerprint density at radius 1 is 1.39 bits per heavy atom. The fraction of sp³-hybridized carbons (Fsp3) is 0.545. The number of nitrogens with zero attached hydrogens (tertiary/aromatic N) is 2. The van der Waals surface area contributed by atoms with E-state index in [0.717, 1.165) is 19.3 Å². The molecule has 1 heterocycles. The summed E-state index contributed by atoms with van der Waals surface area (Å²) in [6, 6.07) is -0.167. The maximum Gasteiger partial charge on any atom is 0.308 e. The summed E-state index contributed by atoms with van der Waals surface area (Å²) in [5.41, 5.74) is 0. The van der Waals surface area contributed by atoms with E-state index in [1.807, 2.05) is 0 Å². The third-order valence-electron chi connectivity index (χ3n) is 3.12. The normalized spacial score (nSPS) is 23.7. The number of rotatable bonds is 3. The Hall–Kier alpha value is -1.07. The highest BCUT2D eigenvalue weighted by Gasteiger charge is 2.31. The van der Waals surface area contributed by atoms with E-state index in [9.17, 15) is 9.90 Å². The standard InChI is InChI=1S/C11H13Cl2N3O2/c12-7-5-14-11(13)16-9(7)15-8-4-2-1-3-6(8)10(17)18/h5-6,8H,1-4H2,(H,17,18)(H,14,15,16)/t6-,8-/m1/s1. The molecule has 5 nitrogen and oxygen atoms in total. The van der Waals surface area contributed by atoms with E-state index in [1.165, 1.54) is 6.20 Å². The van der Waals surface area contributed by atoms with E-state index in [0.29, 0.717) is 17.3 Å². The second kappa shape index (κ2) is 5.71. The van der Waals surface area contributed by atoms with Crippen LogP contribution in [0.25, 0.3) is 0 Å². The molecule has 98 valence electrons. The summed E-state index contributed by atoms with van der Waals surface area (Å²) < 4.78 is 0. The minimum absolute atomic E-state index is 0.0876. The first-order chi connectivity index (χ1) is 8.58. The van der Waals surface area contributed by atoms with Crippen molar-refractivity contribution in [2.75, 3.05) is 5.32 Å². The fourth-order valence-electron chi connectivity index (χ4n) is 2.22. The zero-order valence-corrected chi connectivity index (χ0v) is 11.1. The molecule has 0 saturated heterocycles. The molecule has 0 aromatic carbocycles. The molecule has 7 heteroatoms. The van der Waals surface area contributed by atoms with Gasteiger partial charge in [-0.3, -0.25) is 4.79 Å². The lowest BCUT2D eigenvalue weighted by molar-refractivity contribution is -0.143. The van der Waals surface area contributed by atoms with E-state index in [2.05, 4.69) is 15.3 Å². The SMILES string of the molecule is O=C(O)[C@@H]1CCCC[C@H]1Nc1nc(Cl)ncc1Cl. The van der Waals surface area contributed by atoms with Crippen molar-refractivity contribution < 1.29 is 9.90 Å². The van der Waals surface area contributed by atoms with Crippen molar-refractivity contribution in [1.82, 2.24) is 9.97 Å². The number of carboxylic acids is 1. The van der Waals surface area contributed by atoms with Crippen LogP contribution >= 0.6 is 23.2 Å². The molecule has 1 aliphatic rings. The van der Waals surface area contributed by atoms with Crippen LogP contribution in [-0.4, -0.2) is 27.1 Å². The van der Waals surface area contributed by atoms with Crippen LogP contribution in [0.1, 0.15) is 25.7 Å². The van der Waals surface area contributed by atoms with Gasteiger partial charge in [-0.1, -0.05) is 24.4 Å². The molecular weight excluding hydrogens is 277 g/mol. The van der Waals surface area contributed by atoms with Gasteiger partial charge in [0.1, 0.15) is 10.8 Å². The Kier molecular flexibility index (Phi) is 4.24. The molecule has 1 aliphatic carbocycles. The maximum atomic E-state index is 11.2. The first-order valence-corrected chi connectivity index (χ1v) is 6.51. The van der Waals surface area contributed by atoms with Crippen LogP contribution in [0.15, 0.2) is 6.20 Å². The third-order valence-corrected chi connectivity index (χ3v) is 3.58. The van der Waals surface area contributed by atoms with Crippen molar-refractivity contribution in [1.29, 1.82) is 0 Å². The molecule has 0 amide bonds. The second-order valence-electron chi connectivity index (χ2n) is 4.32. The molecule has 18 heavy (non-hydrogen) atoms. The fourth-order valence-corrected chi connectivity index (χ4v) is 2.50. The lowest BCUT2D eigenvalue weighted by Gasteiger charge is -2.29. The summed E-state index contributed by atoms with van der Waals surface area (Å²) in [7, 11) is 0. The summed E-state index contributed by atoms with van der Waals surface area (Å²) in [6.07, 6.45) is 4.79. The molecule has 2 atom stereocenters. The van der Waals surface area contributed by atoms with E-state index in [-0.39, 0.29) is 11.3 Å². The van der Waals surface area contributed by atoms with Gasteiger partial charge in [0.05, 0.1) is 12.1 Å². The average Bonchev–Trinajstić information content (AvgIpc) is 2.34. The first-order valence-electron chi connectivity index (χ1n) is 5.75. The molecule has 1 fully saturated rings. The summed E-state index contributed by atoms with van der Waals surface area (Å²) in [5.74, 6) is -0.804. The molecule has 2 N–H and O–H groups in total. The van der Waals surface area contributed by atoms with E-state index >= 15 is 0 Å². The summed E-state index contributed by atoms with van der Waals surface area (Å²) in [6.45, 7) is 0. The molecule has 1 aromatic rings. The number of hydrogen-bond acceptors (Lipinski definition) is 4. The molecule has 0 aliphatic heterocycles. The van der Waals surface area contributed by atoms with Crippen molar-refractivity contribution in [3.8, 4) is 0 Å². The van der Waals surface area contributed by atoms with Gasteiger partial charge >= 0.3 is 5.97 Å². The first kappa shape index (κ1) is 13.4. The number of carbonyl (C=O) groups is 1. The highest BCUT2D eigenvalue weighted by Crippen LogP contribution is 2.29. The van der Waals surface area contributed by atoms with Crippen LogP contribution in [0.5, 0.6) is 0 Å². The van der Waals surface area contributed by atoms with Crippen LogP contribution < -0.4 is 5.32 Å². The predicted molar refractivity (Wildman–Crippen MR) is 69.1 cm³/mol. The molecule has 1 saturated carbocycles. The molecule has 0 radical (unpaired) electrons. The lowest BCUT2D eigenvalue weighted by Crippen LogP contribution is -2.37. The summed E-state index contributed by atoms with van der Waals surface area (Å²) in [4.78, 5) is 18.9. The van der Waals surface area contributed by atoms with Gasteiger partial charge in [0.15, 0.2) is 0 Å². The number of halogens is 2. The maximum absolute atomic E-state index is 11.2. The monoisotopic (exact) mass is 289 g/mol. The smallest absolute Gasteiger partial charge is 0.308 e. The van der Waals surface area contributed by atoms with Gasteiger partial charge in [0.25, 0.3) is 0 Å². The number of aliphatic carboxylic acids is 1. The zero-order valence-electron chi connectivity index (χ0n) is 9.57. The van der Waals surface area contributed by atoms with Gasteiger partial charge in [-0.25, -0.2) is 4.98 Å². The Bertz CT molecular complexity index is 456. The Balaban J connectivity index is 2.15. The minimum atomic E-state index is -0.788. The molecular formula is C11H13Cl2N3O2. The molecule has 1 aromatic heterocycles. The largest absolute Gasteiger partial charge is 0.481 e. The zero-order chi connectivity index (χ0) is 13.1. The predicted octanol–water partition coefficient (Wildman–Crippen LogP) is 2.84. The van der Waals surface area contributed by atoms with Gasteiger partial charge in [-0.15, -0.1) is 0 Å².